The van der Waals surface area contributed by atoms with E-state index in [4.69, 9.17) is 11.6 Å². The van der Waals surface area contributed by atoms with E-state index < -0.39 is 0 Å². The van der Waals surface area contributed by atoms with Crippen LogP contribution in [-0.2, 0) is 0 Å². The zero-order chi connectivity index (χ0) is 10.6. The Labute approximate surface area is 91.5 Å². The standard InChI is InChI=1S/C12H18ClN/c1-12(2,3)14-9-11(13)10-7-5-4-6-8-10/h4-8,11,14H,9H2,1-3H3. The van der Waals surface area contributed by atoms with E-state index in [1.54, 1.807) is 0 Å². The highest BCUT2D eigenvalue weighted by molar-refractivity contribution is 6.21. The molecule has 1 rings (SSSR count). The van der Waals surface area contributed by atoms with Gasteiger partial charge < -0.3 is 5.32 Å². The second kappa shape index (κ2) is 4.81. The molecule has 0 aliphatic rings. The fraction of sp³-hybridized carbons (Fsp3) is 0.500. The van der Waals surface area contributed by atoms with Crippen LogP contribution in [0.15, 0.2) is 30.3 Å². The summed E-state index contributed by atoms with van der Waals surface area (Å²) in [7, 11) is 0. The smallest absolute Gasteiger partial charge is 0.0709 e. The van der Waals surface area contributed by atoms with Crippen LogP contribution in [0.1, 0.15) is 31.7 Å². The van der Waals surface area contributed by atoms with Gasteiger partial charge in [0.25, 0.3) is 0 Å². The highest BCUT2D eigenvalue weighted by Crippen LogP contribution is 2.19. The first kappa shape index (κ1) is 11.5. The van der Waals surface area contributed by atoms with Crippen LogP contribution >= 0.6 is 11.6 Å². The van der Waals surface area contributed by atoms with Crippen LogP contribution in [0.4, 0.5) is 0 Å². The molecule has 1 aromatic carbocycles. The largest absolute Gasteiger partial charge is 0.310 e. The van der Waals surface area contributed by atoms with Gasteiger partial charge in [0.1, 0.15) is 0 Å². The van der Waals surface area contributed by atoms with Gasteiger partial charge in [-0.2, -0.15) is 0 Å². The normalized spacial score (nSPS) is 14.0. The van der Waals surface area contributed by atoms with Gasteiger partial charge in [-0.3, -0.25) is 0 Å². The molecule has 2 heteroatoms. The molecule has 1 N–H and O–H groups in total. The van der Waals surface area contributed by atoms with E-state index in [0.29, 0.717) is 0 Å². The zero-order valence-electron chi connectivity index (χ0n) is 9.05. The second-order valence-electron chi connectivity index (χ2n) is 4.51. The zero-order valence-corrected chi connectivity index (χ0v) is 9.81. The maximum Gasteiger partial charge on any atom is 0.0709 e. The fourth-order valence-electron chi connectivity index (χ4n) is 1.18. The minimum atomic E-state index is 0.0513. The molecule has 0 aliphatic heterocycles. The van der Waals surface area contributed by atoms with Crippen molar-refractivity contribution >= 4 is 11.6 Å². The van der Waals surface area contributed by atoms with Crippen molar-refractivity contribution in [3.8, 4) is 0 Å². The topological polar surface area (TPSA) is 12.0 Å². The van der Waals surface area contributed by atoms with Crippen LogP contribution < -0.4 is 5.32 Å². The summed E-state index contributed by atoms with van der Waals surface area (Å²) in [6.07, 6.45) is 0. The Morgan fingerprint density at radius 3 is 2.29 bits per heavy atom. The predicted molar refractivity (Wildman–Crippen MR) is 62.8 cm³/mol. The van der Waals surface area contributed by atoms with Gasteiger partial charge in [-0.15, -0.1) is 11.6 Å². The van der Waals surface area contributed by atoms with Gasteiger partial charge in [-0.25, -0.2) is 0 Å². The Bertz CT molecular complexity index is 263. The maximum absolute atomic E-state index is 6.25. The first-order valence-electron chi connectivity index (χ1n) is 4.93. The van der Waals surface area contributed by atoms with Crippen LogP contribution in [0.2, 0.25) is 0 Å². The summed E-state index contributed by atoms with van der Waals surface area (Å²) >= 11 is 6.25. The summed E-state index contributed by atoms with van der Waals surface area (Å²) in [5.74, 6) is 0. The Morgan fingerprint density at radius 1 is 1.21 bits per heavy atom. The molecule has 1 aromatic rings. The number of halogens is 1. The van der Waals surface area contributed by atoms with Crippen molar-refractivity contribution in [2.75, 3.05) is 6.54 Å². The third kappa shape index (κ3) is 4.12. The van der Waals surface area contributed by atoms with Crippen molar-refractivity contribution in [2.45, 2.75) is 31.7 Å². The third-order valence-electron chi connectivity index (χ3n) is 1.97. The first-order valence-corrected chi connectivity index (χ1v) is 5.37. The van der Waals surface area contributed by atoms with Crippen molar-refractivity contribution in [3.63, 3.8) is 0 Å². The fourth-order valence-corrected chi connectivity index (χ4v) is 1.40. The third-order valence-corrected chi connectivity index (χ3v) is 2.38. The molecular formula is C12H18ClN. The van der Waals surface area contributed by atoms with Gasteiger partial charge >= 0.3 is 0 Å². The van der Waals surface area contributed by atoms with Crippen LogP contribution in [-0.4, -0.2) is 12.1 Å². The lowest BCUT2D eigenvalue weighted by Gasteiger charge is -2.22. The van der Waals surface area contributed by atoms with Gasteiger partial charge in [-0.05, 0) is 26.3 Å². The average molecular weight is 212 g/mol. The molecule has 0 aliphatic carbocycles. The average Bonchev–Trinajstić information content (AvgIpc) is 2.14. The summed E-state index contributed by atoms with van der Waals surface area (Å²) < 4.78 is 0. The molecule has 0 spiro atoms. The van der Waals surface area contributed by atoms with Crippen molar-refractivity contribution in [1.82, 2.24) is 5.32 Å². The van der Waals surface area contributed by atoms with Crippen LogP contribution in [0.25, 0.3) is 0 Å². The molecular weight excluding hydrogens is 194 g/mol. The van der Waals surface area contributed by atoms with Gasteiger partial charge in [0.05, 0.1) is 5.38 Å². The quantitative estimate of drug-likeness (QED) is 0.757. The number of hydrogen-bond donors (Lipinski definition) is 1. The summed E-state index contributed by atoms with van der Waals surface area (Å²) in [6.45, 7) is 7.22. The highest BCUT2D eigenvalue weighted by atomic mass is 35.5. The van der Waals surface area contributed by atoms with Crippen LogP contribution in [0.5, 0.6) is 0 Å². The van der Waals surface area contributed by atoms with E-state index in [9.17, 15) is 0 Å². The van der Waals surface area contributed by atoms with Crippen LogP contribution in [0.3, 0.4) is 0 Å². The number of alkyl halides is 1. The number of nitrogens with one attached hydrogen (secondary N) is 1. The molecule has 78 valence electrons. The Hall–Kier alpha value is -0.530. The Balaban J connectivity index is 2.48. The predicted octanol–water partition coefficient (Wildman–Crippen LogP) is 3.35. The molecule has 0 saturated carbocycles. The molecule has 1 atom stereocenters. The molecule has 1 unspecified atom stereocenters. The summed E-state index contributed by atoms with van der Waals surface area (Å²) in [6, 6.07) is 10.2. The molecule has 0 bridgehead atoms. The van der Waals surface area contributed by atoms with Gasteiger partial charge in [0.2, 0.25) is 0 Å². The highest BCUT2D eigenvalue weighted by Gasteiger charge is 2.12. The lowest BCUT2D eigenvalue weighted by atomic mass is 10.1. The minimum Gasteiger partial charge on any atom is -0.310 e. The molecule has 0 aromatic heterocycles. The number of rotatable bonds is 3. The Kier molecular flexibility index (Phi) is 3.97. The molecule has 14 heavy (non-hydrogen) atoms. The van der Waals surface area contributed by atoms with Gasteiger partial charge in [0, 0.05) is 12.1 Å². The molecule has 1 nitrogen and oxygen atoms in total. The summed E-state index contributed by atoms with van der Waals surface area (Å²) in [4.78, 5) is 0. The lowest BCUT2D eigenvalue weighted by molar-refractivity contribution is 0.426. The van der Waals surface area contributed by atoms with Crippen molar-refractivity contribution < 1.29 is 0 Å². The molecule has 0 heterocycles. The monoisotopic (exact) mass is 211 g/mol. The summed E-state index contributed by atoms with van der Waals surface area (Å²) in [5, 5.41) is 3.44. The summed E-state index contributed by atoms with van der Waals surface area (Å²) in [5.41, 5.74) is 1.30. The molecule has 0 saturated heterocycles. The first-order chi connectivity index (χ1) is 6.49. The number of benzene rings is 1. The molecule has 0 radical (unpaired) electrons. The van der Waals surface area contributed by atoms with E-state index in [1.807, 2.05) is 18.2 Å². The minimum absolute atomic E-state index is 0.0513. The second-order valence-corrected chi connectivity index (χ2v) is 5.04. The van der Waals surface area contributed by atoms with Crippen molar-refractivity contribution in [1.29, 1.82) is 0 Å². The van der Waals surface area contributed by atoms with Crippen LogP contribution in [0, 0.1) is 0 Å². The van der Waals surface area contributed by atoms with Gasteiger partial charge in [0.15, 0.2) is 0 Å². The lowest BCUT2D eigenvalue weighted by Crippen LogP contribution is -2.37. The van der Waals surface area contributed by atoms with Gasteiger partial charge in [-0.1, -0.05) is 30.3 Å². The van der Waals surface area contributed by atoms with Crippen molar-refractivity contribution in [2.24, 2.45) is 0 Å². The van der Waals surface area contributed by atoms with E-state index in [2.05, 4.69) is 38.2 Å². The van der Waals surface area contributed by atoms with E-state index in [0.717, 1.165) is 6.54 Å². The van der Waals surface area contributed by atoms with E-state index >= 15 is 0 Å². The van der Waals surface area contributed by atoms with E-state index in [-0.39, 0.29) is 10.9 Å². The molecule has 0 fully saturated rings. The van der Waals surface area contributed by atoms with Crippen molar-refractivity contribution in [3.05, 3.63) is 35.9 Å². The molecule has 0 amide bonds. The SMILES string of the molecule is CC(C)(C)NCC(Cl)c1ccccc1. The van der Waals surface area contributed by atoms with E-state index in [1.165, 1.54) is 5.56 Å². The number of hydrogen-bond acceptors (Lipinski definition) is 1. The Morgan fingerprint density at radius 2 is 1.79 bits per heavy atom. The maximum atomic E-state index is 6.25.